The third kappa shape index (κ3) is 4.77. The standard InChI is InChI=1S/C15H24ClNO/c1-4-9-18-15-8-7-13(16)10-14(15)17-11-12(5-2)6-3/h7-8,10,12,17H,4-6,9,11H2,1-3H3. The molecule has 2 nitrogen and oxygen atoms in total. The fourth-order valence-electron chi connectivity index (χ4n) is 1.81. The minimum atomic E-state index is 0.697. The number of ether oxygens (including phenoxy) is 1. The minimum Gasteiger partial charge on any atom is -0.491 e. The molecular weight excluding hydrogens is 246 g/mol. The van der Waals surface area contributed by atoms with Gasteiger partial charge in [-0.2, -0.15) is 0 Å². The first-order valence-electron chi connectivity index (χ1n) is 6.87. The first kappa shape index (κ1) is 15.2. The molecule has 0 aliphatic rings. The Morgan fingerprint density at radius 1 is 1.22 bits per heavy atom. The summed E-state index contributed by atoms with van der Waals surface area (Å²) in [5, 5.41) is 4.20. The molecule has 0 aliphatic heterocycles. The van der Waals surface area contributed by atoms with Crippen molar-refractivity contribution >= 4 is 17.3 Å². The Labute approximate surface area is 116 Å². The number of anilines is 1. The van der Waals surface area contributed by atoms with E-state index in [1.54, 1.807) is 0 Å². The number of rotatable bonds is 8. The Balaban J connectivity index is 2.68. The summed E-state index contributed by atoms with van der Waals surface area (Å²) in [7, 11) is 0. The molecule has 1 aromatic carbocycles. The first-order chi connectivity index (χ1) is 8.71. The van der Waals surface area contributed by atoms with Crippen molar-refractivity contribution < 1.29 is 4.74 Å². The fourth-order valence-corrected chi connectivity index (χ4v) is 1.98. The van der Waals surface area contributed by atoms with Crippen LogP contribution >= 0.6 is 11.6 Å². The van der Waals surface area contributed by atoms with Gasteiger partial charge >= 0.3 is 0 Å². The average Bonchev–Trinajstić information content (AvgIpc) is 2.39. The summed E-state index contributed by atoms with van der Waals surface area (Å²) in [6.45, 7) is 8.26. The summed E-state index contributed by atoms with van der Waals surface area (Å²) in [5.74, 6) is 1.59. The van der Waals surface area contributed by atoms with E-state index in [9.17, 15) is 0 Å². The highest BCUT2D eigenvalue weighted by Gasteiger charge is 2.07. The molecule has 0 atom stereocenters. The van der Waals surface area contributed by atoms with E-state index in [4.69, 9.17) is 16.3 Å². The van der Waals surface area contributed by atoms with Crippen molar-refractivity contribution in [2.45, 2.75) is 40.0 Å². The summed E-state index contributed by atoms with van der Waals surface area (Å²) in [4.78, 5) is 0. The highest BCUT2D eigenvalue weighted by Crippen LogP contribution is 2.28. The zero-order valence-corrected chi connectivity index (χ0v) is 12.4. The van der Waals surface area contributed by atoms with Gasteiger partial charge in [-0.1, -0.05) is 45.2 Å². The molecule has 1 rings (SSSR count). The van der Waals surface area contributed by atoms with Crippen LogP contribution in [-0.4, -0.2) is 13.2 Å². The zero-order valence-electron chi connectivity index (χ0n) is 11.6. The van der Waals surface area contributed by atoms with Crippen LogP contribution < -0.4 is 10.1 Å². The van der Waals surface area contributed by atoms with Crippen LogP contribution in [0.4, 0.5) is 5.69 Å². The van der Waals surface area contributed by atoms with Crippen molar-refractivity contribution in [2.24, 2.45) is 5.92 Å². The van der Waals surface area contributed by atoms with Crippen molar-refractivity contribution in [3.8, 4) is 5.75 Å². The molecule has 0 aliphatic carbocycles. The molecule has 1 aromatic rings. The van der Waals surface area contributed by atoms with Gasteiger partial charge in [-0.05, 0) is 30.5 Å². The van der Waals surface area contributed by atoms with E-state index in [2.05, 4.69) is 26.1 Å². The van der Waals surface area contributed by atoms with Gasteiger partial charge < -0.3 is 10.1 Å². The van der Waals surface area contributed by atoms with E-state index in [1.807, 2.05) is 18.2 Å². The summed E-state index contributed by atoms with van der Waals surface area (Å²) >= 11 is 6.04. The average molecular weight is 270 g/mol. The number of benzene rings is 1. The van der Waals surface area contributed by atoms with Crippen LogP contribution in [0.15, 0.2) is 18.2 Å². The highest BCUT2D eigenvalue weighted by molar-refractivity contribution is 6.30. The Morgan fingerprint density at radius 3 is 2.56 bits per heavy atom. The Kier molecular flexibility index (Phi) is 6.96. The summed E-state index contributed by atoms with van der Waals surface area (Å²) < 4.78 is 5.72. The van der Waals surface area contributed by atoms with E-state index in [0.717, 1.165) is 36.0 Å². The molecule has 0 heterocycles. The minimum absolute atomic E-state index is 0.697. The predicted molar refractivity (Wildman–Crippen MR) is 79.8 cm³/mol. The summed E-state index contributed by atoms with van der Waals surface area (Å²) in [5.41, 5.74) is 1.00. The van der Waals surface area contributed by atoms with Gasteiger partial charge in [0, 0.05) is 11.6 Å². The molecule has 0 amide bonds. The Morgan fingerprint density at radius 2 is 1.94 bits per heavy atom. The lowest BCUT2D eigenvalue weighted by Crippen LogP contribution is -2.13. The second kappa shape index (κ2) is 8.25. The van der Waals surface area contributed by atoms with Gasteiger partial charge in [0.1, 0.15) is 5.75 Å². The maximum absolute atomic E-state index is 6.04. The summed E-state index contributed by atoms with van der Waals surface area (Å²) in [6.07, 6.45) is 3.39. The van der Waals surface area contributed by atoms with Gasteiger partial charge in [0.15, 0.2) is 0 Å². The second-order valence-electron chi connectivity index (χ2n) is 4.55. The van der Waals surface area contributed by atoms with Gasteiger partial charge in [-0.15, -0.1) is 0 Å². The van der Waals surface area contributed by atoms with E-state index in [0.29, 0.717) is 5.92 Å². The SMILES string of the molecule is CCCOc1ccc(Cl)cc1NCC(CC)CC. The quantitative estimate of drug-likeness (QED) is 0.719. The molecule has 0 spiro atoms. The molecule has 0 saturated carbocycles. The van der Waals surface area contributed by atoms with Gasteiger partial charge in [0.2, 0.25) is 0 Å². The lowest BCUT2D eigenvalue weighted by molar-refractivity contribution is 0.318. The molecular formula is C15H24ClNO. The van der Waals surface area contributed by atoms with Crippen molar-refractivity contribution in [1.29, 1.82) is 0 Å². The molecule has 3 heteroatoms. The molecule has 0 unspecified atom stereocenters. The van der Waals surface area contributed by atoms with Gasteiger partial charge in [-0.3, -0.25) is 0 Å². The van der Waals surface area contributed by atoms with Crippen molar-refractivity contribution in [3.63, 3.8) is 0 Å². The van der Waals surface area contributed by atoms with E-state index in [-0.39, 0.29) is 0 Å². The lowest BCUT2D eigenvalue weighted by Gasteiger charge is -2.17. The smallest absolute Gasteiger partial charge is 0.142 e. The molecule has 0 radical (unpaired) electrons. The Bertz CT molecular complexity index is 350. The Hall–Kier alpha value is -0.890. The topological polar surface area (TPSA) is 21.3 Å². The van der Waals surface area contributed by atoms with Crippen molar-refractivity contribution in [3.05, 3.63) is 23.2 Å². The predicted octanol–water partition coefficient (Wildman–Crippen LogP) is 4.98. The maximum atomic E-state index is 6.04. The molecule has 18 heavy (non-hydrogen) atoms. The normalized spacial score (nSPS) is 10.7. The molecule has 0 bridgehead atoms. The van der Waals surface area contributed by atoms with E-state index < -0.39 is 0 Å². The van der Waals surface area contributed by atoms with Gasteiger partial charge in [0.25, 0.3) is 0 Å². The number of halogens is 1. The van der Waals surface area contributed by atoms with Gasteiger partial charge in [-0.25, -0.2) is 0 Å². The molecule has 102 valence electrons. The van der Waals surface area contributed by atoms with Crippen LogP contribution in [0, 0.1) is 5.92 Å². The fraction of sp³-hybridized carbons (Fsp3) is 0.600. The summed E-state index contributed by atoms with van der Waals surface area (Å²) in [6, 6.07) is 5.75. The largest absolute Gasteiger partial charge is 0.491 e. The van der Waals surface area contributed by atoms with Crippen LogP contribution in [0.5, 0.6) is 5.75 Å². The molecule has 0 saturated heterocycles. The van der Waals surface area contributed by atoms with Crippen molar-refractivity contribution in [1.82, 2.24) is 0 Å². The molecule has 0 fully saturated rings. The maximum Gasteiger partial charge on any atom is 0.142 e. The number of hydrogen-bond acceptors (Lipinski definition) is 2. The van der Waals surface area contributed by atoms with Crippen LogP contribution in [-0.2, 0) is 0 Å². The van der Waals surface area contributed by atoms with Crippen LogP contribution in [0.1, 0.15) is 40.0 Å². The van der Waals surface area contributed by atoms with Crippen molar-refractivity contribution in [2.75, 3.05) is 18.5 Å². The third-order valence-electron chi connectivity index (χ3n) is 3.14. The zero-order chi connectivity index (χ0) is 13.4. The number of nitrogens with one attached hydrogen (secondary N) is 1. The van der Waals surface area contributed by atoms with E-state index >= 15 is 0 Å². The molecule has 1 N–H and O–H groups in total. The number of hydrogen-bond donors (Lipinski definition) is 1. The van der Waals surface area contributed by atoms with Crippen LogP contribution in [0.25, 0.3) is 0 Å². The lowest BCUT2D eigenvalue weighted by atomic mass is 10.0. The third-order valence-corrected chi connectivity index (χ3v) is 3.37. The monoisotopic (exact) mass is 269 g/mol. The van der Waals surface area contributed by atoms with E-state index in [1.165, 1.54) is 12.8 Å². The van der Waals surface area contributed by atoms with Crippen LogP contribution in [0.2, 0.25) is 5.02 Å². The molecule has 0 aromatic heterocycles. The van der Waals surface area contributed by atoms with Gasteiger partial charge in [0.05, 0.1) is 12.3 Å². The second-order valence-corrected chi connectivity index (χ2v) is 4.99. The highest BCUT2D eigenvalue weighted by atomic mass is 35.5. The van der Waals surface area contributed by atoms with Crippen LogP contribution in [0.3, 0.4) is 0 Å². The first-order valence-corrected chi connectivity index (χ1v) is 7.25.